The minimum atomic E-state index is -3.73. The van der Waals surface area contributed by atoms with Gasteiger partial charge >= 0.3 is 0 Å². The number of nitrogens with one attached hydrogen (secondary N) is 1. The molecular formula is C20H19N3O5S2. The highest BCUT2D eigenvalue weighted by Gasteiger charge is 2.19. The molecule has 30 heavy (non-hydrogen) atoms. The van der Waals surface area contributed by atoms with Crippen LogP contribution in [-0.4, -0.2) is 44.5 Å². The number of thioether (sulfide) groups is 1. The van der Waals surface area contributed by atoms with Gasteiger partial charge in [0.25, 0.3) is 0 Å². The fourth-order valence-electron chi connectivity index (χ4n) is 2.48. The molecule has 0 aliphatic rings. The monoisotopic (exact) mass is 445 g/mol. The van der Waals surface area contributed by atoms with E-state index in [4.69, 9.17) is 9.47 Å². The Balaban J connectivity index is 1.62. The molecule has 0 fully saturated rings. The van der Waals surface area contributed by atoms with Crippen molar-refractivity contribution in [2.24, 2.45) is 0 Å². The van der Waals surface area contributed by atoms with Gasteiger partial charge in [-0.1, -0.05) is 30.0 Å². The van der Waals surface area contributed by atoms with E-state index in [9.17, 15) is 13.2 Å². The molecule has 0 radical (unpaired) electrons. The zero-order valence-corrected chi connectivity index (χ0v) is 17.9. The van der Waals surface area contributed by atoms with Gasteiger partial charge in [-0.05, 0) is 36.4 Å². The predicted octanol–water partition coefficient (Wildman–Crippen LogP) is 3.06. The van der Waals surface area contributed by atoms with E-state index in [0.29, 0.717) is 22.2 Å². The lowest BCUT2D eigenvalue weighted by Gasteiger charge is -2.11. The second-order valence-corrected chi connectivity index (χ2v) is 8.82. The summed E-state index contributed by atoms with van der Waals surface area (Å²) < 4.78 is 35.4. The van der Waals surface area contributed by atoms with Crippen molar-refractivity contribution in [1.29, 1.82) is 0 Å². The largest absolute Gasteiger partial charge is 0.497 e. The molecule has 0 saturated heterocycles. The van der Waals surface area contributed by atoms with Crippen molar-refractivity contribution in [2.75, 3.05) is 25.3 Å². The average molecular weight is 446 g/mol. The molecule has 1 N–H and O–H groups in total. The highest BCUT2D eigenvalue weighted by molar-refractivity contribution is 7.99. The number of aromatic nitrogens is 2. The van der Waals surface area contributed by atoms with Gasteiger partial charge in [-0.25, -0.2) is 8.42 Å². The molecule has 1 heterocycles. The van der Waals surface area contributed by atoms with Crippen molar-refractivity contribution < 1.29 is 22.7 Å². The van der Waals surface area contributed by atoms with Crippen molar-refractivity contribution in [1.82, 2.24) is 10.2 Å². The van der Waals surface area contributed by atoms with Crippen molar-refractivity contribution in [3.63, 3.8) is 0 Å². The highest BCUT2D eigenvalue weighted by atomic mass is 32.2. The standard InChI is InChI=1S/C20H19N3O5S2/c1-27-14-8-9-16(17(12-14)28-2)21-18(24)13-29-19-10-11-20(23-22-19)30(25,26)15-6-4-3-5-7-15/h3-12H,13H2,1-2H3,(H,21,24). The number of hydrogen-bond donors (Lipinski definition) is 1. The molecule has 8 nitrogen and oxygen atoms in total. The molecule has 3 aromatic rings. The number of benzene rings is 2. The van der Waals surface area contributed by atoms with Gasteiger partial charge in [0.2, 0.25) is 15.7 Å². The minimum Gasteiger partial charge on any atom is -0.497 e. The lowest BCUT2D eigenvalue weighted by Crippen LogP contribution is -2.15. The molecule has 1 aromatic heterocycles. The van der Waals surface area contributed by atoms with E-state index in [2.05, 4.69) is 15.5 Å². The molecule has 0 atom stereocenters. The molecule has 0 spiro atoms. The Bertz CT molecular complexity index is 1120. The van der Waals surface area contributed by atoms with Crippen LogP contribution in [0.15, 0.2) is 75.6 Å². The Morgan fingerprint density at radius 3 is 2.40 bits per heavy atom. The SMILES string of the molecule is COc1ccc(NC(=O)CSc2ccc(S(=O)(=O)c3ccccc3)nn2)c(OC)c1. The number of nitrogens with zero attached hydrogens (tertiary/aromatic N) is 2. The zero-order valence-electron chi connectivity index (χ0n) is 16.2. The zero-order chi connectivity index (χ0) is 21.6. The predicted molar refractivity (Wildman–Crippen MR) is 113 cm³/mol. The van der Waals surface area contributed by atoms with Crippen molar-refractivity contribution in [2.45, 2.75) is 14.9 Å². The van der Waals surface area contributed by atoms with E-state index in [1.165, 1.54) is 31.4 Å². The van der Waals surface area contributed by atoms with E-state index in [1.54, 1.807) is 43.5 Å². The van der Waals surface area contributed by atoms with Crippen molar-refractivity contribution in [3.8, 4) is 11.5 Å². The highest BCUT2D eigenvalue weighted by Crippen LogP contribution is 2.29. The lowest BCUT2D eigenvalue weighted by molar-refractivity contribution is -0.113. The lowest BCUT2D eigenvalue weighted by atomic mass is 10.2. The summed E-state index contributed by atoms with van der Waals surface area (Å²) in [4.78, 5) is 12.4. The Hall–Kier alpha value is -3.11. The van der Waals surface area contributed by atoms with Gasteiger partial charge in [-0.3, -0.25) is 4.79 Å². The van der Waals surface area contributed by atoms with Crippen LogP contribution in [0.3, 0.4) is 0 Å². The first-order chi connectivity index (χ1) is 14.4. The average Bonchev–Trinajstić information content (AvgIpc) is 2.78. The fraction of sp³-hybridized carbons (Fsp3) is 0.150. The third-order valence-electron chi connectivity index (χ3n) is 3.98. The first-order valence-electron chi connectivity index (χ1n) is 8.72. The van der Waals surface area contributed by atoms with E-state index >= 15 is 0 Å². The van der Waals surface area contributed by atoms with Crippen molar-refractivity contribution in [3.05, 3.63) is 60.7 Å². The summed E-state index contributed by atoms with van der Waals surface area (Å²) in [5.74, 6) is 0.878. The topological polar surface area (TPSA) is 107 Å². The molecule has 156 valence electrons. The quantitative estimate of drug-likeness (QED) is 0.527. The van der Waals surface area contributed by atoms with Gasteiger partial charge in [0.05, 0.1) is 30.6 Å². The number of amides is 1. The smallest absolute Gasteiger partial charge is 0.234 e. The van der Waals surface area contributed by atoms with E-state index in [1.807, 2.05) is 0 Å². The second kappa shape index (κ2) is 9.59. The maximum atomic E-state index is 12.5. The maximum absolute atomic E-state index is 12.5. The van der Waals surface area contributed by atoms with E-state index in [-0.39, 0.29) is 21.6 Å². The van der Waals surface area contributed by atoms with Gasteiger partial charge in [0, 0.05) is 6.07 Å². The first kappa shape index (κ1) is 21.6. The Kier molecular flexibility index (Phi) is 6.91. The molecule has 0 aliphatic heterocycles. The Morgan fingerprint density at radius 1 is 1.00 bits per heavy atom. The summed E-state index contributed by atoms with van der Waals surface area (Å²) >= 11 is 1.14. The summed E-state index contributed by atoms with van der Waals surface area (Å²) in [6.45, 7) is 0. The number of methoxy groups -OCH3 is 2. The Labute approximate surface area is 178 Å². The van der Waals surface area contributed by atoms with E-state index < -0.39 is 9.84 Å². The number of carbonyl (C=O) groups excluding carboxylic acids is 1. The Morgan fingerprint density at radius 2 is 1.77 bits per heavy atom. The number of rotatable bonds is 8. The van der Waals surface area contributed by atoms with Crippen LogP contribution in [0.4, 0.5) is 5.69 Å². The van der Waals surface area contributed by atoms with Gasteiger partial charge in [-0.15, -0.1) is 10.2 Å². The summed E-state index contributed by atoms with van der Waals surface area (Å²) in [5.41, 5.74) is 0.513. The second-order valence-electron chi connectivity index (χ2n) is 5.93. The summed E-state index contributed by atoms with van der Waals surface area (Å²) in [5, 5.41) is 10.8. The molecule has 1 amide bonds. The van der Waals surface area contributed by atoms with Gasteiger partial charge in [0.1, 0.15) is 16.5 Å². The molecule has 2 aromatic carbocycles. The number of carbonyl (C=O) groups is 1. The van der Waals surface area contributed by atoms with Gasteiger partial charge < -0.3 is 14.8 Å². The van der Waals surface area contributed by atoms with Crippen molar-refractivity contribution >= 4 is 33.2 Å². The number of sulfone groups is 1. The fourth-order valence-corrected chi connectivity index (χ4v) is 4.24. The van der Waals surface area contributed by atoms with Crippen LogP contribution in [0.1, 0.15) is 0 Å². The normalized spacial score (nSPS) is 11.0. The first-order valence-corrected chi connectivity index (χ1v) is 11.2. The van der Waals surface area contributed by atoms with E-state index in [0.717, 1.165) is 11.8 Å². The maximum Gasteiger partial charge on any atom is 0.234 e. The molecule has 0 saturated carbocycles. The van der Waals surface area contributed by atoms with Crippen LogP contribution in [0, 0.1) is 0 Å². The molecule has 0 aliphatic carbocycles. The molecule has 0 unspecified atom stereocenters. The molecule has 10 heteroatoms. The molecule has 0 bridgehead atoms. The summed E-state index contributed by atoms with van der Waals surface area (Å²) in [6.07, 6.45) is 0. The summed E-state index contributed by atoms with van der Waals surface area (Å²) in [6, 6.07) is 16.0. The van der Waals surface area contributed by atoms with Gasteiger partial charge in [0.15, 0.2) is 5.03 Å². The summed E-state index contributed by atoms with van der Waals surface area (Å²) in [7, 11) is -0.685. The third-order valence-corrected chi connectivity index (χ3v) is 6.56. The van der Waals surface area contributed by atoms with Crippen LogP contribution < -0.4 is 14.8 Å². The van der Waals surface area contributed by atoms with Crippen LogP contribution in [0.5, 0.6) is 11.5 Å². The molecular weight excluding hydrogens is 426 g/mol. The van der Waals surface area contributed by atoms with Crippen LogP contribution >= 0.6 is 11.8 Å². The number of ether oxygens (including phenoxy) is 2. The van der Waals surface area contributed by atoms with Crippen LogP contribution in [0.2, 0.25) is 0 Å². The third kappa shape index (κ3) is 5.08. The van der Waals surface area contributed by atoms with Crippen LogP contribution in [-0.2, 0) is 14.6 Å². The van der Waals surface area contributed by atoms with Crippen LogP contribution in [0.25, 0.3) is 0 Å². The minimum absolute atomic E-state index is 0.0641. The number of hydrogen-bond acceptors (Lipinski definition) is 8. The van der Waals surface area contributed by atoms with Gasteiger partial charge in [-0.2, -0.15) is 0 Å². The molecule has 3 rings (SSSR count). The number of anilines is 1.